The van der Waals surface area contributed by atoms with Crippen LogP contribution >= 0.6 is 11.6 Å². The number of nitrogens with one attached hydrogen (secondary N) is 1. The average Bonchev–Trinajstić information content (AvgIpc) is 2.44. The topological polar surface area (TPSA) is 55.2 Å². The summed E-state index contributed by atoms with van der Waals surface area (Å²) in [6.45, 7) is 2.37. The summed E-state index contributed by atoms with van der Waals surface area (Å²) in [5.41, 5.74) is 1.15. The van der Waals surface area contributed by atoms with Crippen LogP contribution in [0.3, 0.4) is 0 Å². The van der Waals surface area contributed by atoms with Gasteiger partial charge in [-0.3, -0.25) is 10.1 Å². The molecule has 2 aromatic carbocycles. The zero-order valence-electron chi connectivity index (χ0n) is 11.3. The number of nitro groups is 1. The van der Waals surface area contributed by atoms with Gasteiger partial charge in [0.15, 0.2) is 0 Å². The Morgan fingerprint density at radius 3 is 2.71 bits per heavy atom. The fourth-order valence-corrected chi connectivity index (χ4v) is 2.17. The first-order chi connectivity index (χ1) is 9.97. The molecule has 110 valence electrons. The predicted molar refractivity (Wildman–Crippen MR) is 79.8 cm³/mol. The summed E-state index contributed by atoms with van der Waals surface area (Å²) >= 11 is 5.93. The van der Waals surface area contributed by atoms with Gasteiger partial charge in [-0.2, -0.15) is 4.39 Å². The van der Waals surface area contributed by atoms with Crippen LogP contribution in [0, 0.1) is 15.9 Å². The van der Waals surface area contributed by atoms with E-state index < -0.39 is 16.4 Å². The quantitative estimate of drug-likeness (QED) is 0.664. The number of nitrogens with zero attached hydrogens (tertiary/aromatic N) is 1. The van der Waals surface area contributed by atoms with Gasteiger partial charge >= 0.3 is 5.69 Å². The lowest BCUT2D eigenvalue weighted by molar-refractivity contribution is -0.387. The molecule has 0 aliphatic rings. The molecule has 1 atom stereocenters. The van der Waals surface area contributed by atoms with Gasteiger partial charge in [-0.15, -0.1) is 0 Å². The minimum absolute atomic E-state index is 0.0296. The third-order valence-corrected chi connectivity index (χ3v) is 3.40. The maximum Gasteiger partial charge on any atom is 0.304 e. The number of halogens is 2. The Bertz CT molecular complexity index is 664. The minimum atomic E-state index is -0.824. The molecular weight excluding hydrogens is 295 g/mol. The van der Waals surface area contributed by atoms with Crippen molar-refractivity contribution in [1.82, 2.24) is 5.32 Å². The van der Waals surface area contributed by atoms with E-state index in [1.165, 1.54) is 12.1 Å². The van der Waals surface area contributed by atoms with Crippen LogP contribution in [0.15, 0.2) is 42.5 Å². The summed E-state index contributed by atoms with van der Waals surface area (Å²) in [6.07, 6.45) is 0. The van der Waals surface area contributed by atoms with Gasteiger partial charge in [-0.05, 0) is 36.2 Å². The van der Waals surface area contributed by atoms with Crippen molar-refractivity contribution >= 4 is 17.3 Å². The van der Waals surface area contributed by atoms with Crippen LogP contribution in [-0.4, -0.2) is 4.92 Å². The predicted octanol–water partition coefficient (Wildman–Crippen LogP) is 4.24. The summed E-state index contributed by atoms with van der Waals surface area (Å²) in [6, 6.07) is 11.4. The molecule has 0 spiro atoms. The van der Waals surface area contributed by atoms with Crippen molar-refractivity contribution < 1.29 is 9.31 Å². The molecule has 4 nitrogen and oxygen atoms in total. The molecule has 0 aliphatic carbocycles. The first kappa shape index (κ1) is 15.4. The van der Waals surface area contributed by atoms with Gasteiger partial charge in [0.2, 0.25) is 5.82 Å². The van der Waals surface area contributed by atoms with Crippen LogP contribution < -0.4 is 5.32 Å². The molecule has 0 saturated carbocycles. The highest BCUT2D eigenvalue weighted by Crippen LogP contribution is 2.20. The van der Waals surface area contributed by atoms with Crippen LogP contribution in [0.5, 0.6) is 0 Å². The molecule has 0 amide bonds. The summed E-state index contributed by atoms with van der Waals surface area (Å²) in [4.78, 5) is 9.82. The zero-order valence-corrected chi connectivity index (χ0v) is 12.1. The van der Waals surface area contributed by atoms with Gasteiger partial charge < -0.3 is 5.32 Å². The highest BCUT2D eigenvalue weighted by atomic mass is 35.5. The van der Waals surface area contributed by atoms with E-state index in [4.69, 9.17) is 11.6 Å². The lowest BCUT2D eigenvalue weighted by Gasteiger charge is -2.14. The van der Waals surface area contributed by atoms with E-state index in [1.54, 1.807) is 12.1 Å². The number of nitro benzene ring substituents is 1. The second-order valence-corrected chi connectivity index (χ2v) is 5.14. The Morgan fingerprint density at radius 2 is 2.10 bits per heavy atom. The van der Waals surface area contributed by atoms with Gasteiger partial charge in [0.05, 0.1) is 4.92 Å². The van der Waals surface area contributed by atoms with Gasteiger partial charge in [-0.25, -0.2) is 0 Å². The van der Waals surface area contributed by atoms with E-state index in [0.29, 0.717) is 17.1 Å². The van der Waals surface area contributed by atoms with Crippen molar-refractivity contribution in [2.24, 2.45) is 0 Å². The van der Waals surface area contributed by atoms with Gasteiger partial charge in [-0.1, -0.05) is 29.8 Å². The molecule has 0 saturated heterocycles. The van der Waals surface area contributed by atoms with Gasteiger partial charge in [0.1, 0.15) is 0 Å². The highest BCUT2D eigenvalue weighted by molar-refractivity contribution is 6.30. The fraction of sp³-hybridized carbons (Fsp3) is 0.200. The van der Waals surface area contributed by atoms with Crippen LogP contribution in [0.25, 0.3) is 0 Å². The first-order valence-corrected chi connectivity index (χ1v) is 6.77. The molecule has 0 radical (unpaired) electrons. The molecule has 2 aromatic rings. The molecule has 0 fully saturated rings. The Hall–Kier alpha value is -1.98. The molecule has 0 aromatic heterocycles. The molecule has 21 heavy (non-hydrogen) atoms. The van der Waals surface area contributed by atoms with E-state index in [9.17, 15) is 14.5 Å². The monoisotopic (exact) mass is 308 g/mol. The molecule has 0 unspecified atom stereocenters. The van der Waals surface area contributed by atoms with Crippen molar-refractivity contribution in [3.05, 3.63) is 74.5 Å². The second kappa shape index (κ2) is 6.65. The number of hydrogen-bond donors (Lipinski definition) is 1. The first-order valence-electron chi connectivity index (χ1n) is 6.39. The highest BCUT2D eigenvalue weighted by Gasteiger charge is 2.14. The Labute approximate surface area is 126 Å². The Kier molecular flexibility index (Phi) is 4.88. The van der Waals surface area contributed by atoms with Crippen molar-refractivity contribution in [2.75, 3.05) is 0 Å². The maximum atomic E-state index is 13.5. The summed E-state index contributed by atoms with van der Waals surface area (Å²) < 4.78 is 13.5. The molecule has 0 bridgehead atoms. The second-order valence-electron chi connectivity index (χ2n) is 4.70. The molecule has 0 aliphatic heterocycles. The van der Waals surface area contributed by atoms with Gasteiger partial charge in [0, 0.05) is 23.7 Å². The lowest BCUT2D eigenvalue weighted by atomic mass is 10.1. The van der Waals surface area contributed by atoms with Crippen molar-refractivity contribution in [2.45, 2.75) is 19.5 Å². The smallest absolute Gasteiger partial charge is 0.304 e. The Balaban J connectivity index is 2.03. The molecule has 1 N–H and O–H groups in total. The standard InChI is InChI=1S/C15H14ClFN2O2/c1-10(12-3-2-4-13(16)8-12)18-9-11-5-6-15(19(20)21)14(17)7-11/h2-8,10,18H,9H2,1H3/t10-/m1/s1. The van der Waals surface area contributed by atoms with Crippen molar-refractivity contribution in [3.8, 4) is 0 Å². The van der Waals surface area contributed by atoms with E-state index in [0.717, 1.165) is 5.56 Å². The third-order valence-electron chi connectivity index (χ3n) is 3.17. The largest absolute Gasteiger partial charge is 0.306 e. The normalized spacial score (nSPS) is 12.1. The minimum Gasteiger partial charge on any atom is -0.306 e. The maximum absolute atomic E-state index is 13.5. The van der Waals surface area contributed by atoms with Gasteiger partial charge in [0.25, 0.3) is 0 Å². The van der Waals surface area contributed by atoms with E-state index >= 15 is 0 Å². The third kappa shape index (κ3) is 4.00. The lowest BCUT2D eigenvalue weighted by Crippen LogP contribution is -2.18. The summed E-state index contributed by atoms with van der Waals surface area (Å²) in [7, 11) is 0. The molecule has 6 heteroatoms. The summed E-state index contributed by atoms with van der Waals surface area (Å²) in [5.74, 6) is -0.824. The van der Waals surface area contributed by atoms with E-state index in [2.05, 4.69) is 5.32 Å². The van der Waals surface area contributed by atoms with Crippen molar-refractivity contribution in [3.63, 3.8) is 0 Å². The van der Waals surface area contributed by atoms with Crippen LogP contribution in [0.4, 0.5) is 10.1 Å². The SMILES string of the molecule is C[C@@H](NCc1ccc([N+](=O)[O-])c(F)c1)c1cccc(Cl)c1. The average molecular weight is 309 g/mol. The number of benzene rings is 2. The Morgan fingerprint density at radius 1 is 1.33 bits per heavy atom. The van der Waals surface area contributed by atoms with Crippen LogP contribution in [0.1, 0.15) is 24.1 Å². The number of rotatable bonds is 5. The van der Waals surface area contributed by atoms with E-state index in [-0.39, 0.29) is 6.04 Å². The molecular formula is C15H14ClFN2O2. The van der Waals surface area contributed by atoms with Crippen LogP contribution in [0.2, 0.25) is 5.02 Å². The molecule has 0 heterocycles. The van der Waals surface area contributed by atoms with Crippen molar-refractivity contribution in [1.29, 1.82) is 0 Å². The summed E-state index contributed by atoms with van der Waals surface area (Å²) in [5, 5.41) is 14.4. The fourth-order valence-electron chi connectivity index (χ4n) is 1.97. The van der Waals surface area contributed by atoms with Crippen LogP contribution in [-0.2, 0) is 6.54 Å². The molecule has 2 rings (SSSR count). The number of hydrogen-bond acceptors (Lipinski definition) is 3. The zero-order chi connectivity index (χ0) is 15.4. The van der Waals surface area contributed by atoms with E-state index in [1.807, 2.05) is 25.1 Å².